The maximum Gasteiger partial charge on any atom is 0.342 e. The van der Waals surface area contributed by atoms with Gasteiger partial charge in [-0.25, -0.2) is 9.18 Å². The van der Waals surface area contributed by atoms with Gasteiger partial charge in [0.15, 0.2) is 0 Å². The number of halogens is 1. The predicted molar refractivity (Wildman–Crippen MR) is 64.4 cm³/mol. The molecule has 0 spiro atoms. The number of ether oxygens (including phenoxy) is 1. The zero-order chi connectivity index (χ0) is 13.0. The molecule has 1 aromatic rings. The molecule has 0 saturated heterocycles. The van der Waals surface area contributed by atoms with Crippen LogP contribution >= 0.6 is 0 Å². The van der Waals surface area contributed by atoms with E-state index in [0.717, 1.165) is 11.1 Å². The molecule has 94 valence electrons. The molecule has 1 unspecified atom stereocenters. The highest BCUT2D eigenvalue weighted by Gasteiger charge is 2.27. The molecule has 0 heterocycles. The van der Waals surface area contributed by atoms with Crippen molar-refractivity contribution in [1.29, 1.82) is 0 Å². The van der Waals surface area contributed by atoms with E-state index in [0.29, 0.717) is 5.56 Å². The SMILES string of the molecule is CCOC(=O)C(F)[C@@H](N)c1cc(C)cc(C)c1. The fraction of sp³-hybridized carbons (Fsp3) is 0.462. The van der Waals surface area contributed by atoms with E-state index in [9.17, 15) is 9.18 Å². The second kappa shape index (κ2) is 5.77. The molecular weight excluding hydrogens is 221 g/mol. The molecule has 0 aliphatic heterocycles. The summed E-state index contributed by atoms with van der Waals surface area (Å²) in [6.45, 7) is 5.59. The van der Waals surface area contributed by atoms with E-state index < -0.39 is 18.2 Å². The van der Waals surface area contributed by atoms with E-state index in [2.05, 4.69) is 4.74 Å². The second-order valence-electron chi connectivity index (χ2n) is 4.10. The molecule has 17 heavy (non-hydrogen) atoms. The van der Waals surface area contributed by atoms with Gasteiger partial charge in [0.25, 0.3) is 0 Å². The molecule has 0 radical (unpaired) electrons. The largest absolute Gasteiger partial charge is 0.464 e. The van der Waals surface area contributed by atoms with Gasteiger partial charge in [0, 0.05) is 0 Å². The molecule has 0 aliphatic rings. The smallest absolute Gasteiger partial charge is 0.342 e. The molecule has 0 aromatic heterocycles. The van der Waals surface area contributed by atoms with Crippen molar-refractivity contribution >= 4 is 5.97 Å². The van der Waals surface area contributed by atoms with E-state index in [1.807, 2.05) is 19.9 Å². The Morgan fingerprint density at radius 1 is 1.35 bits per heavy atom. The van der Waals surface area contributed by atoms with Crippen molar-refractivity contribution < 1.29 is 13.9 Å². The van der Waals surface area contributed by atoms with Crippen molar-refractivity contribution in [2.75, 3.05) is 6.61 Å². The van der Waals surface area contributed by atoms with E-state index >= 15 is 0 Å². The van der Waals surface area contributed by atoms with Crippen molar-refractivity contribution in [2.24, 2.45) is 5.73 Å². The van der Waals surface area contributed by atoms with E-state index in [4.69, 9.17) is 5.73 Å². The molecular formula is C13H18FNO2. The Labute approximate surface area is 101 Å². The number of nitrogens with two attached hydrogens (primary N) is 1. The lowest BCUT2D eigenvalue weighted by molar-refractivity contribution is -0.149. The highest BCUT2D eigenvalue weighted by atomic mass is 19.1. The summed E-state index contributed by atoms with van der Waals surface area (Å²) in [6.07, 6.45) is -1.82. The lowest BCUT2D eigenvalue weighted by atomic mass is 9.99. The minimum absolute atomic E-state index is 0.152. The van der Waals surface area contributed by atoms with Gasteiger partial charge in [-0.1, -0.05) is 29.3 Å². The normalized spacial score (nSPS) is 14.2. The standard InChI is InChI=1S/C13H18FNO2/c1-4-17-13(16)11(14)12(15)10-6-8(2)5-9(3)7-10/h5-7,11-12H,4,15H2,1-3H3/t11?,12-/m0/s1. The molecule has 0 fully saturated rings. The molecule has 4 heteroatoms. The third kappa shape index (κ3) is 3.53. The summed E-state index contributed by atoms with van der Waals surface area (Å²) in [5, 5.41) is 0. The number of hydrogen-bond donors (Lipinski definition) is 1. The number of benzene rings is 1. The fourth-order valence-corrected chi connectivity index (χ4v) is 1.74. The lowest BCUT2D eigenvalue weighted by Crippen LogP contribution is -2.31. The Balaban J connectivity index is 2.87. The molecule has 3 nitrogen and oxygen atoms in total. The molecule has 0 saturated carbocycles. The van der Waals surface area contributed by atoms with Gasteiger partial charge in [-0.15, -0.1) is 0 Å². The van der Waals surface area contributed by atoms with Gasteiger partial charge in [0.1, 0.15) is 0 Å². The first-order valence-corrected chi connectivity index (χ1v) is 5.60. The zero-order valence-corrected chi connectivity index (χ0v) is 10.4. The molecule has 1 aromatic carbocycles. The van der Waals surface area contributed by atoms with Gasteiger partial charge in [-0.05, 0) is 26.3 Å². The van der Waals surface area contributed by atoms with Crippen LogP contribution in [0.1, 0.15) is 29.7 Å². The first kappa shape index (κ1) is 13.6. The molecule has 2 N–H and O–H groups in total. The highest BCUT2D eigenvalue weighted by Crippen LogP contribution is 2.20. The van der Waals surface area contributed by atoms with Gasteiger partial charge in [-0.2, -0.15) is 0 Å². The van der Waals surface area contributed by atoms with Crippen molar-refractivity contribution in [2.45, 2.75) is 33.0 Å². The summed E-state index contributed by atoms with van der Waals surface area (Å²) in [4.78, 5) is 11.3. The predicted octanol–water partition coefficient (Wildman–Crippen LogP) is 2.20. The van der Waals surface area contributed by atoms with Gasteiger partial charge in [0.05, 0.1) is 12.6 Å². The van der Waals surface area contributed by atoms with Crippen LogP contribution in [0.15, 0.2) is 18.2 Å². The average molecular weight is 239 g/mol. The van der Waals surface area contributed by atoms with Crippen LogP contribution in [0, 0.1) is 13.8 Å². The lowest BCUT2D eigenvalue weighted by Gasteiger charge is -2.17. The maximum atomic E-state index is 13.7. The first-order chi connectivity index (χ1) is 7.95. The number of carbonyl (C=O) groups excluding carboxylic acids is 1. The number of rotatable bonds is 4. The molecule has 0 bridgehead atoms. The topological polar surface area (TPSA) is 52.3 Å². The van der Waals surface area contributed by atoms with Gasteiger partial charge in [0.2, 0.25) is 6.17 Å². The molecule has 2 atom stereocenters. The quantitative estimate of drug-likeness (QED) is 0.819. The molecule has 0 amide bonds. The second-order valence-corrected chi connectivity index (χ2v) is 4.10. The van der Waals surface area contributed by atoms with Crippen LogP contribution < -0.4 is 5.73 Å². The summed E-state index contributed by atoms with van der Waals surface area (Å²) in [7, 11) is 0. The van der Waals surface area contributed by atoms with Crippen LogP contribution in [-0.4, -0.2) is 18.7 Å². The van der Waals surface area contributed by atoms with Crippen LogP contribution in [-0.2, 0) is 9.53 Å². The Bertz CT molecular complexity index is 386. The minimum Gasteiger partial charge on any atom is -0.464 e. The zero-order valence-electron chi connectivity index (χ0n) is 10.4. The number of esters is 1. The van der Waals surface area contributed by atoms with Crippen LogP contribution in [0.5, 0.6) is 0 Å². The number of aryl methyl sites for hydroxylation is 2. The van der Waals surface area contributed by atoms with Crippen LogP contribution in [0.4, 0.5) is 4.39 Å². The van der Waals surface area contributed by atoms with Crippen molar-refractivity contribution in [1.82, 2.24) is 0 Å². The third-order valence-electron chi connectivity index (χ3n) is 2.46. The Kier molecular flexibility index (Phi) is 4.63. The summed E-state index contributed by atoms with van der Waals surface area (Å²) >= 11 is 0. The van der Waals surface area contributed by atoms with Gasteiger partial charge < -0.3 is 10.5 Å². The Morgan fingerprint density at radius 2 is 1.88 bits per heavy atom. The summed E-state index contributed by atoms with van der Waals surface area (Å²) in [5.74, 6) is -0.904. The average Bonchev–Trinajstić information content (AvgIpc) is 2.26. The number of hydrogen-bond acceptors (Lipinski definition) is 3. The summed E-state index contributed by atoms with van der Waals surface area (Å²) in [6, 6.07) is 4.55. The van der Waals surface area contributed by atoms with Crippen molar-refractivity contribution in [3.63, 3.8) is 0 Å². The fourth-order valence-electron chi connectivity index (χ4n) is 1.74. The number of carbonyl (C=O) groups is 1. The number of alkyl halides is 1. The maximum absolute atomic E-state index is 13.7. The summed E-state index contributed by atoms with van der Waals surface area (Å²) in [5.41, 5.74) is 8.33. The van der Waals surface area contributed by atoms with Gasteiger partial charge >= 0.3 is 5.97 Å². The summed E-state index contributed by atoms with van der Waals surface area (Å²) < 4.78 is 18.3. The van der Waals surface area contributed by atoms with Gasteiger partial charge in [-0.3, -0.25) is 0 Å². The Morgan fingerprint density at radius 3 is 2.35 bits per heavy atom. The van der Waals surface area contributed by atoms with Crippen LogP contribution in [0.3, 0.4) is 0 Å². The minimum atomic E-state index is -1.82. The van der Waals surface area contributed by atoms with Crippen molar-refractivity contribution in [3.05, 3.63) is 34.9 Å². The van der Waals surface area contributed by atoms with E-state index in [-0.39, 0.29) is 6.61 Å². The van der Waals surface area contributed by atoms with E-state index in [1.165, 1.54) is 0 Å². The van der Waals surface area contributed by atoms with E-state index in [1.54, 1.807) is 19.1 Å². The first-order valence-electron chi connectivity index (χ1n) is 5.60. The third-order valence-corrected chi connectivity index (χ3v) is 2.46. The molecule has 1 rings (SSSR count). The highest BCUT2D eigenvalue weighted by molar-refractivity contribution is 5.75. The van der Waals surface area contributed by atoms with Crippen LogP contribution in [0.2, 0.25) is 0 Å². The monoisotopic (exact) mass is 239 g/mol. The van der Waals surface area contributed by atoms with Crippen molar-refractivity contribution in [3.8, 4) is 0 Å². The van der Waals surface area contributed by atoms with Crippen LogP contribution in [0.25, 0.3) is 0 Å². The Hall–Kier alpha value is -1.42. The molecule has 0 aliphatic carbocycles.